The summed E-state index contributed by atoms with van der Waals surface area (Å²) in [6, 6.07) is 5.49. The summed E-state index contributed by atoms with van der Waals surface area (Å²) in [4.78, 5) is 8.23. The number of hydrogen-bond acceptors (Lipinski definition) is 2. The van der Waals surface area contributed by atoms with Gasteiger partial charge in [0.25, 0.3) is 0 Å². The van der Waals surface area contributed by atoms with Crippen molar-refractivity contribution >= 4 is 47.5 Å². The van der Waals surface area contributed by atoms with Gasteiger partial charge in [0.2, 0.25) is 0 Å². The normalized spacial score (nSPS) is 12.0. The average Bonchev–Trinajstić information content (AvgIpc) is 2.40. The summed E-state index contributed by atoms with van der Waals surface area (Å²) in [5.74, 6) is 0.532. The maximum Gasteiger partial charge on any atom is 0.195 e. The molecule has 0 aliphatic heterocycles. The first-order valence-electron chi connectivity index (χ1n) is 6.33. The molecule has 0 heterocycles. The van der Waals surface area contributed by atoms with Crippen LogP contribution in [-0.2, 0) is 6.42 Å². The third-order valence-corrected chi connectivity index (χ3v) is 3.17. The van der Waals surface area contributed by atoms with Crippen molar-refractivity contribution in [3.8, 4) is 0 Å². The van der Waals surface area contributed by atoms with E-state index in [-0.39, 0.29) is 24.3 Å². The fourth-order valence-corrected chi connectivity index (χ4v) is 1.76. The van der Waals surface area contributed by atoms with E-state index in [1.165, 1.54) is 0 Å². The molecule has 0 amide bonds. The van der Waals surface area contributed by atoms with Crippen molar-refractivity contribution in [3.05, 3.63) is 33.8 Å². The summed E-state index contributed by atoms with van der Waals surface area (Å²) in [6.07, 6.45) is 1.64. The second-order valence-corrected chi connectivity index (χ2v) is 4.97. The molecule has 1 aromatic rings. The van der Waals surface area contributed by atoms with Gasteiger partial charge in [-0.25, -0.2) is 0 Å². The molecule has 0 atom stereocenters. The Bertz CT molecular complexity index is 503. The summed E-state index contributed by atoms with van der Waals surface area (Å²) >= 11 is 11.8. The van der Waals surface area contributed by atoms with Gasteiger partial charge in [-0.3, -0.25) is 15.3 Å². The van der Waals surface area contributed by atoms with Gasteiger partial charge in [-0.2, -0.15) is 0 Å². The van der Waals surface area contributed by atoms with Gasteiger partial charge in [0.15, 0.2) is 11.9 Å². The lowest BCUT2D eigenvalue weighted by Crippen LogP contribution is -2.41. The van der Waals surface area contributed by atoms with Crippen LogP contribution in [0.3, 0.4) is 0 Å². The van der Waals surface area contributed by atoms with Crippen LogP contribution < -0.4 is 16.8 Å². The molecule has 0 unspecified atom stereocenters. The van der Waals surface area contributed by atoms with Crippen molar-refractivity contribution in [2.24, 2.45) is 21.5 Å². The number of nitrogens with zero attached hydrogens (tertiary/aromatic N) is 2. The number of hydrogen-bond donors (Lipinski definition) is 3. The van der Waals surface area contributed by atoms with Crippen molar-refractivity contribution in [2.75, 3.05) is 13.1 Å². The van der Waals surface area contributed by atoms with Crippen LogP contribution in [0.15, 0.2) is 28.2 Å². The Morgan fingerprint density at radius 3 is 2.29 bits per heavy atom. The highest BCUT2D eigenvalue weighted by Gasteiger charge is 2.00. The molecule has 0 fully saturated rings. The second-order valence-electron chi connectivity index (χ2n) is 4.16. The first-order valence-corrected chi connectivity index (χ1v) is 7.09. The van der Waals surface area contributed by atoms with Gasteiger partial charge in [-0.05, 0) is 30.5 Å². The van der Waals surface area contributed by atoms with Gasteiger partial charge >= 0.3 is 0 Å². The molecule has 0 saturated heterocycles. The van der Waals surface area contributed by atoms with Crippen LogP contribution in [0.4, 0.5) is 0 Å². The molecule has 1 aromatic carbocycles. The largest absolute Gasteiger partial charge is 0.370 e. The Balaban J connectivity index is 0.00000400. The van der Waals surface area contributed by atoms with Crippen LogP contribution in [0.1, 0.15) is 18.9 Å². The monoisotopic (exact) mass is 351 g/mol. The standard InChI is InChI=1S/C13H19Cl2N5.ClH/c1-2-6-18-12(16)20-13(17)19-7-5-9-3-4-10(14)11(15)8-9;/h3-4,8H,2,5-7H2,1H3,(H5,16,17,18,19,20);1H. The number of aliphatic imine (C=N–C) groups is 2. The molecule has 0 bridgehead atoms. The number of halogens is 3. The molecule has 0 aliphatic carbocycles. The maximum atomic E-state index is 5.94. The van der Waals surface area contributed by atoms with Crippen molar-refractivity contribution in [2.45, 2.75) is 19.8 Å². The number of nitrogens with one attached hydrogen (secondary N) is 1. The number of guanidine groups is 2. The van der Waals surface area contributed by atoms with E-state index in [9.17, 15) is 0 Å². The summed E-state index contributed by atoms with van der Waals surface area (Å²) in [6.45, 7) is 3.21. The fraction of sp³-hybridized carbons (Fsp3) is 0.385. The summed E-state index contributed by atoms with van der Waals surface area (Å²) in [5.41, 5.74) is 12.4. The Kier molecular flexibility index (Phi) is 9.95. The minimum absolute atomic E-state index is 0. The molecule has 1 rings (SSSR count). The zero-order valence-corrected chi connectivity index (χ0v) is 14.1. The second kappa shape index (κ2) is 10.5. The van der Waals surface area contributed by atoms with E-state index < -0.39 is 0 Å². The molecule has 8 heteroatoms. The van der Waals surface area contributed by atoms with Crippen molar-refractivity contribution < 1.29 is 0 Å². The van der Waals surface area contributed by atoms with Gasteiger partial charge in [0, 0.05) is 13.1 Å². The van der Waals surface area contributed by atoms with Crippen LogP contribution in [0.25, 0.3) is 0 Å². The van der Waals surface area contributed by atoms with E-state index in [1.807, 2.05) is 19.1 Å². The molecule has 0 spiro atoms. The topological polar surface area (TPSA) is 88.8 Å². The lowest BCUT2D eigenvalue weighted by Gasteiger charge is -2.05. The third-order valence-electron chi connectivity index (χ3n) is 2.43. The van der Waals surface area contributed by atoms with E-state index in [1.54, 1.807) is 6.07 Å². The van der Waals surface area contributed by atoms with Crippen LogP contribution in [-0.4, -0.2) is 25.0 Å². The highest BCUT2D eigenvalue weighted by atomic mass is 35.5. The van der Waals surface area contributed by atoms with Gasteiger partial charge in [-0.15, -0.1) is 12.4 Å². The highest BCUT2D eigenvalue weighted by molar-refractivity contribution is 6.42. The summed E-state index contributed by atoms with van der Waals surface area (Å²) < 4.78 is 0. The van der Waals surface area contributed by atoms with E-state index in [2.05, 4.69) is 15.3 Å². The first kappa shape index (κ1) is 19.8. The van der Waals surface area contributed by atoms with Crippen LogP contribution in [0.5, 0.6) is 0 Å². The minimum atomic E-state index is 0. The quantitative estimate of drug-likeness (QED) is 0.562. The van der Waals surface area contributed by atoms with E-state index in [0.29, 0.717) is 29.6 Å². The predicted molar refractivity (Wildman–Crippen MR) is 93.8 cm³/mol. The van der Waals surface area contributed by atoms with Crippen molar-refractivity contribution in [1.82, 2.24) is 5.32 Å². The van der Waals surface area contributed by atoms with Crippen LogP contribution in [0.2, 0.25) is 10.0 Å². The number of nitrogens with two attached hydrogens (primary N) is 2. The molecular weight excluding hydrogens is 333 g/mol. The Morgan fingerprint density at radius 2 is 1.71 bits per heavy atom. The summed E-state index contributed by atoms with van der Waals surface area (Å²) in [7, 11) is 0. The molecule has 5 N–H and O–H groups in total. The zero-order chi connectivity index (χ0) is 15.0. The van der Waals surface area contributed by atoms with E-state index in [0.717, 1.165) is 12.0 Å². The third kappa shape index (κ3) is 7.99. The Morgan fingerprint density at radius 1 is 1.10 bits per heavy atom. The van der Waals surface area contributed by atoms with Gasteiger partial charge < -0.3 is 11.5 Å². The Hall–Kier alpha value is -1.17. The van der Waals surface area contributed by atoms with Crippen LogP contribution in [0, 0.1) is 0 Å². The van der Waals surface area contributed by atoms with Crippen molar-refractivity contribution in [1.29, 1.82) is 0 Å². The van der Waals surface area contributed by atoms with Gasteiger partial charge in [-0.1, -0.05) is 36.2 Å². The predicted octanol–water partition coefficient (Wildman–Crippen LogP) is 2.59. The highest BCUT2D eigenvalue weighted by Crippen LogP contribution is 2.22. The molecule has 0 radical (unpaired) electrons. The molecule has 118 valence electrons. The molecule has 5 nitrogen and oxygen atoms in total. The summed E-state index contributed by atoms with van der Waals surface area (Å²) in [5, 5.41) is 3.81. The smallest absolute Gasteiger partial charge is 0.195 e. The number of rotatable bonds is 5. The minimum Gasteiger partial charge on any atom is -0.370 e. The fourth-order valence-electron chi connectivity index (χ4n) is 1.44. The van der Waals surface area contributed by atoms with Gasteiger partial charge in [0.1, 0.15) is 0 Å². The Labute approximate surface area is 141 Å². The average molecular weight is 353 g/mol. The van der Waals surface area contributed by atoms with Crippen LogP contribution >= 0.6 is 35.6 Å². The van der Waals surface area contributed by atoms with Crippen molar-refractivity contribution in [3.63, 3.8) is 0 Å². The van der Waals surface area contributed by atoms with E-state index in [4.69, 9.17) is 34.7 Å². The first-order chi connectivity index (χ1) is 9.52. The van der Waals surface area contributed by atoms with Gasteiger partial charge in [0.05, 0.1) is 10.0 Å². The lowest BCUT2D eigenvalue weighted by molar-refractivity contribution is 0.918. The molecule has 0 aliphatic rings. The molecule has 0 saturated carbocycles. The number of benzene rings is 1. The maximum absolute atomic E-state index is 5.94. The molecule has 0 aromatic heterocycles. The zero-order valence-electron chi connectivity index (χ0n) is 11.8. The molecule has 21 heavy (non-hydrogen) atoms. The van der Waals surface area contributed by atoms with E-state index >= 15 is 0 Å². The lowest BCUT2D eigenvalue weighted by atomic mass is 10.1. The SMILES string of the molecule is CCCN=C(N)NC(N)=NCCc1ccc(Cl)c(Cl)c1.Cl. The molecular formula is C13H20Cl3N5.